The summed E-state index contributed by atoms with van der Waals surface area (Å²) in [4.78, 5) is 27.7. The van der Waals surface area contributed by atoms with E-state index in [4.69, 9.17) is 9.79 Å². The quantitative estimate of drug-likeness (QED) is 0.546. The van der Waals surface area contributed by atoms with Crippen LogP contribution >= 0.6 is 7.60 Å². The maximum Gasteiger partial charge on any atom is 0.329 e. The first-order chi connectivity index (χ1) is 4.50. The fraction of sp³-hybridized carbons (Fsp3) is 0.800. The lowest BCUT2D eigenvalue weighted by Gasteiger charge is -2.08. The van der Waals surface area contributed by atoms with Crippen LogP contribution in [0, 0.1) is 0 Å². The van der Waals surface area contributed by atoms with E-state index in [0.717, 1.165) is 0 Å². The molecule has 2 N–H and O–H groups in total. The Labute approximate surface area is 58.4 Å². The van der Waals surface area contributed by atoms with Gasteiger partial charge in [-0.1, -0.05) is 0 Å². The van der Waals surface area contributed by atoms with E-state index in [9.17, 15) is 9.36 Å². The molecule has 10 heavy (non-hydrogen) atoms. The zero-order valence-electron chi connectivity index (χ0n) is 5.36. The summed E-state index contributed by atoms with van der Waals surface area (Å²) >= 11 is 0. The molecule has 4 nitrogen and oxygen atoms in total. The molecule has 0 aliphatic heterocycles. The third-order valence-corrected chi connectivity index (χ3v) is 3.09. The molecule has 1 atom stereocenters. The minimum Gasteiger partial charge on any atom is -0.324 e. The number of carbonyl (C=O) groups excluding carboxylic acids is 1. The van der Waals surface area contributed by atoms with Crippen molar-refractivity contribution in [2.75, 3.05) is 0 Å². The zero-order chi connectivity index (χ0) is 7.78. The summed E-state index contributed by atoms with van der Waals surface area (Å²) in [6.45, 7) is 0. The lowest BCUT2D eigenvalue weighted by molar-refractivity contribution is -0.117. The van der Waals surface area contributed by atoms with Crippen LogP contribution in [0.1, 0.15) is 19.3 Å². The summed E-state index contributed by atoms with van der Waals surface area (Å²) < 4.78 is 10.5. The largest absolute Gasteiger partial charge is 0.329 e. The lowest BCUT2D eigenvalue weighted by Crippen LogP contribution is -2.02. The monoisotopic (exact) mass is 164 g/mol. The first kappa shape index (κ1) is 7.92. The van der Waals surface area contributed by atoms with Crippen molar-refractivity contribution in [3.8, 4) is 0 Å². The van der Waals surface area contributed by atoms with E-state index in [-0.39, 0.29) is 12.2 Å². The van der Waals surface area contributed by atoms with Gasteiger partial charge in [0, 0.05) is 12.8 Å². The summed E-state index contributed by atoms with van der Waals surface area (Å²) in [6, 6.07) is 0. The van der Waals surface area contributed by atoms with Crippen LogP contribution in [0.5, 0.6) is 0 Å². The van der Waals surface area contributed by atoms with Gasteiger partial charge in [0.1, 0.15) is 5.78 Å². The Morgan fingerprint density at radius 3 is 2.30 bits per heavy atom. The Bertz CT molecular complexity index is 194. The van der Waals surface area contributed by atoms with Crippen molar-refractivity contribution < 1.29 is 19.1 Å². The first-order valence-corrected chi connectivity index (χ1v) is 4.75. The van der Waals surface area contributed by atoms with Gasteiger partial charge in [0.25, 0.3) is 0 Å². The summed E-state index contributed by atoms with van der Waals surface area (Å²) in [6.07, 6.45) is 0.739. The van der Waals surface area contributed by atoms with Crippen molar-refractivity contribution >= 4 is 13.4 Å². The highest BCUT2D eigenvalue weighted by molar-refractivity contribution is 7.52. The minimum absolute atomic E-state index is 0.0340. The normalized spacial score (nSPS) is 27.4. The van der Waals surface area contributed by atoms with Gasteiger partial charge < -0.3 is 9.79 Å². The number of hydrogen-bond donors (Lipinski definition) is 2. The molecule has 0 spiro atoms. The molecule has 0 saturated heterocycles. The molecular formula is C5H9O4P. The van der Waals surface area contributed by atoms with E-state index in [1.54, 1.807) is 0 Å². The minimum atomic E-state index is -3.97. The average Bonchev–Trinajstić information content (AvgIpc) is 2.11. The SMILES string of the molecule is O=C1CCC(P(=O)(O)O)C1. The second-order valence-corrected chi connectivity index (χ2v) is 4.43. The van der Waals surface area contributed by atoms with Crippen LogP contribution in [0.15, 0.2) is 0 Å². The van der Waals surface area contributed by atoms with Crippen molar-refractivity contribution in [2.24, 2.45) is 0 Å². The molecule has 0 aromatic heterocycles. The smallest absolute Gasteiger partial charge is 0.324 e. The maximum absolute atomic E-state index is 10.6. The van der Waals surface area contributed by atoms with Crippen LogP contribution in [0.2, 0.25) is 0 Å². The third-order valence-electron chi connectivity index (χ3n) is 1.70. The van der Waals surface area contributed by atoms with E-state index in [1.165, 1.54) is 0 Å². The topological polar surface area (TPSA) is 74.6 Å². The van der Waals surface area contributed by atoms with Gasteiger partial charge >= 0.3 is 7.60 Å². The Hall–Kier alpha value is -0.180. The molecule has 1 fully saturated rings. The first-order valence-electron chi connectivity index (χ1n) is 3.07. The van der Waals surface area contributed by atoms with Gasteiger partial charge in [-0.15, -0.1) is 0 Å². The van der Waals surface area contributed by atoms with E-state index in [1.807, 2.05) is 0 Å². The third kappa shape index (κ3) is 1.66. The van der Waals surface area contributed by atoms with Crippen LogP contribution < -0.4 is 0 Å². The molecule has 1 aliphatic carbocycles. The number of rotatable bonds is 1. The molecule has 1 unspecified atom stereocenters. The highest BCUT2D eigenvalue weighted by Gasteiger charge is 2.35. The van der Waals surface area contributed by atoms with Crippen LogP contribution in [0.3, 0.4) is 0 Å². The summed E-state index contributed by atoms with van der Waals surface area (Å²) in [5.74, 6) is -0.0340. The van der Waals surface area contributed by atoms with Gasteiger partial charge in [0.2, 0.25) is 0 Å². The predicted molar refractivity (Wildman–Crippen MR) is 34.7 cm³/mol. The average molecular weight is 164 g/mol. The van der Waals surface area contributed by atoms with Crippen molar-refractivity contribution in [2.45, 2.75) is 24.9 Å². The van der Waals surface area contributed by atoms with Gasteiger partial charge in [-0.25, -0.2) is 0 Å². The molecule has 58 valence electrons. The van der Waals surface area contributed by atoms with Gasteiger partial charge in [0.15, 0.2) is 0 Å². The molecule has 5 heteroatoms. The predicted octanol–water partition coefficient (Wildman–Crippen LogP) is 0.286. The molecule has 0 aromatic rings. The summed E-state index contributed by atoms with van der Waals surface area (Å²) in [5, 5.41) is 0. The molecule has 0 bridgehead atoms. The van der Waals surface area contributed by atoms with Crippen LogP contribution in [-0.2, 0) is 9.36 Å². The number of Topliss-reactive ketones (excluding diaryl/α,β-unsaturated/α-hetero) is 1. The van der Waals surface area contributed by atoms with E-state index in [0.29, 0.717) is 12.8 Å². The lowest BCUT2D eigenvalue weighted by atomic mass is 10.4. The summed E-state index contributed by atoms with van der Waals surface area (Å²) in [7, 11) is -3.97. The Morgan fingerprint density at radius 1 is 1.50 bits per heavy atom. The van der Waals surface area contributed by atoms with Gasteiger partial charge in [-0.3, -0.25) is 9.36 Å². The van der Waals surface area contributed by atoms with Crippen molar-refractivity contribution in [3.63, 3.8) is 0 Å². The van der Waals surface area contributed by atoms with E-state index in [2.05, 4.69) is 0 Å². The molecule has 0 radical (unpaired) electrons. The maximum atomic E-state index is 10.6. The van der Waals surface area contributed by atoms with Gasteiger partial charge in [-0.2, -0.15) is 0 Å². The molecule has 1 saturated carbocycles. The van der Waals surface area contributed by atoms with Crippen molar-refractivity contribution in [1.82, 2.24) is 0 Å². The highest BCUT2D eigenvalue weighted by atomic mass is 31.2. The molecule has 0 amide bonds. The van der Waals surface area contributed by atoms with Gasteiger partial charge in [0.05, 0.1) is 5.66 Å². The van der Waals surface area contributed by atoms with Crippen molar-refractivity contribution in [1.29, 1.82) is 0 Å². The fourth-order valence-corrected chi connectivity index (χ4v) is 1.99. The summed E-state index contributed by atoms with van der Waals surface area (Å²) in [5.41, 5.74) is -0.694. The zero-order valence-corrected chi connectivity index (χ0v) is 6.25. The van der Waals surface area contributed by atoms with Gasteiger partial charge in [-0.05, 0) is 6.42 Å². The Balaban J connectivity index is 2.62. The number of ketones is 1. The molecule has 0 heterocycles. The number of hydrogen-bond acceptors (Lipinski definition) is 2. The van der Waals surface area contributed by atoms with Crippen LogP contribution in [0.4, 0.5) is 0 Å². The van der Waals surface area contributed by atoms with E-state index < -0.39 is 13.3 Å². The fourth-order valence-electron chi connectivity index (χ4n) is 1.08. The second-order valence-electron chi connectivity index (χ2n) is 2.52. The molecule has 1 aliphatic rings. The Morgan fingerprint density at radius 2 is 2.10 bits per heavy atom. The standard InChI is InChI=1S/C5H9O4P/c6-4-1-2-5(3-4)10(7,8)9/h5H,1-3H2,(H2,7,8,9). The van der Waals surface area contributed by atoms with Crippen LogP contribution in [0.25, 0.3) is 0 Å². The highest BCUT2D eigenvalue weighted by Crippen LogP contribution is 2.47. The molecular weight excluding hydrogens is 155 g/mol. The number of carbonyl (C=O) groups is 1. The van der Waals surface area contributed by atoms with Crippen LogP contribution in [-0.4, -0.2) is 21.2 Å². The molecule has 0 aromatic carbocycles. The van der Waals surface area contributed by atoms with Crippen molar-refractivity contribution in [3.05, 3.63) is 0 Å². The second kappa shape index (κ2) is 2.46. The van der Waals surface area contributed by atoms with E-state index >= 15 is 0 Å². The molecule has 1 rings (SSSR count). The Kier molecular flexibility index (Phi) is 1.95.